The number of anilines is 15. The molecule has 0 atom stereocenters. The minimum Gasteiger partial charge on any atom is -0.457 e. The summed E-state index contributed by atoms with van der Waals surface area (Å²) in [7, 11) is -3.30. The van der Waals surface area contributed by atoms with Gasteiger partial charge in [0.05, 0.1) is 51.2 Å². The first-order chi connectivity index (χ1) is 40.8. The van der Waals surface area contributed by atoms with Gasteiger partial charge in [0.15, 0.2) is 31.1 Å². The highest BCUT2D eigenvalue weighted by Crippen LogP contribution is 2.65. The number of nitrogens with zero attached hydrogens (tertiary/aromatic N) is 5. The molecule has 0 saturated heterocycles. The van der Waals surface area contributed by atoms with E-state index in [9.17, 15) is 0 Å². The summed E-state index contributed by atoms with van der Waals surface area (Å²) in [5, 5.41) is 3.63. The zero-order chi connectivity index (χ0) is 57.0. The molecule has 408 valence electrons. The molecule has 0 saturated carbocycles. The van der Waals surface area contributed by atoms with E-state index in [-0.39, 0.29) is 0 Å². The van der Waals surface area contributed by atoms with Crippen molar-refractivity contribution in [3.8, 4) is 34.5 Å². The van der Waals surface area contributed by atoms with Gasteiger partial charge >= 0.3 is 0 Å². The fourth-order valence-corrected chi connectivity index (χ4v) is 18.4. The van der Waals surface area contributed by atoms with E-state index in [1.165, 1.54) is 48.9 Å². The van der Waals surface area contributed by atoms with Gasteiger partial charge in [-0.2, -0.15) is 0 Å². The molecule has 84 heavy (non-hydrogen) atoms. The van der Waals surface area contributed by atoms with Crippen LogP contribution in [0.5, 0.6) is 34.5 Å². The lowest BCUT2D eigenvalue weighted by Crippen LogP contribution is -2.73. The van der Waals surface area contributed by atoms with Gasteiger partial charge in [0.2, 0.25) is 0 Å². The Labute approximate surface area is 492 Å². The maximum Gasteiger partial charge on any atom is 0.175 e. The van der Waals surface area contributed by atoms with Crippen LogP contribution in [0.3, 0.4) is 0 Å². The van der Waals surface area contributed by atoms with Crippen molar-refractivity contribution in [1.82, 2.24) is 0 Å². The van der Waals surface area contributed by atoms with Crippen molar-refractivity contribution in [1.29, 1.82) is 0 Å². The topological polar surface area (TPSA) is 43.9 Å². The smallest absolute Gasteiger partial charge is 0.175 e. The molecule has 16 rings (SSSR count). The summed E-state index contributed by atoms with van der Waals surface area (Å²) < 4.78 is 23.2. The number of fused-ring (bicyclic) bond motifs is 6. The SMILES string of the molecule is Cc1ccc(N(c2ccc(C)cc2)c2cc3c4c(c2)N2c5ccc(C)cc5Oc5c(N(c6ccc(C)cc6)c6ccc(C)cc6)cc6c(c52)[Si]4(C)c2c(cc(N(c4ccc(C)cc4)c4ccc(C)cc4)c4c2N3c2ccc(C)cc2O4)O6)cc1. The van der Waals surface area contributed by atoms with Crippen LogP contribution in [0.25, 0.3) is 0 Å². The Kier molecular flexibility index (Phi) is 10.8. The molecule has 0 amide bonds. The maximum absolute atomic E-state index is 7.88. The van der Waals surface area contributed by atoms with Gasteiger partial charge in [0.1, 0.15) is 11.5 Å². The molecule has 0 aromatic heterocycles. The molecule has 8 nitrogen and oxygen atoms in total. The second-order valence-corrected chi connectivity index (χ2v) is 27.6. The van der Waals surface area contributed by atoms with E-state index in [2.05, 4.69) is 293 Å². The first kappa shape index (κ1) is 49.8. The highest BCUT2D eigenvalue weighted by Gasteiger charge is 2.60. The monoisotopic (exact) mass is 1110 g/mol. The zero-order valence-electron chi connectivity index (χ0n) is 48.6. The van der Waals surface area contributed by atoms with Crippen LogP contribution in [-0.4, -0.2) is 8.07 Å². The fraction of sp³-hybridized carbons (Fsp3) is 0.120. The molecular formula is C75H61N5O3Si. The second-order valence-electron chi connectivity index (χ2n) is 23.8. The first-order valence-electron chi connectivity index (χ1n) is 29.0. The van der Waals surface area contributed by atoms with Gasteiger partial charge in [0, 0.05) is 56.6 Å². The molecule has 0 aliphatic carbocycles. The van der Waals surface area contributed by atoms with Gasteiger partial charge < -0.3 is 38.7 Å². The average molecular weight is 1110 g/mol. The third kappa shape index (κ3) is 7.37. The molecule has 0 N–H and O–H groups in total. The van der Waals surface area contributed by atoms with E-state index in [0.29, 0.717) is 0 Å². The molecule has 11 aromatic rings. The molecule has 0 radical (unpaired) electrons. The Morgan fingerprint density at radius 1 is 0.274 bits per heavy atom. The van der Waals surface area contributed by atoms with Crippen LogP contribution in [0.4, 0.5) is 85.3 Å². The standard InChI is InChI=1S/C75H61N5O3Si/c1-44-10-24-52(25-11-44)76(53-26-12-45(2)13-27-53)58-40-63-73-64(41-58)80-60-37-23-51(8)39-66(60)83-72-62(78(56-32-18-48(5)19-33-56)57-34-20-49(6)21-35-57)43-68-75(70(72)80)84(73,9)74-67(81-68)42-61(71-69(74)79(63)59-36-22-50(7)38-65(59)82-71)77(54-28-14-46(3)15-29-54)55-30-16-47(4)17-31-55/h10-43H,1-9H3. The molecule has 9 heteroatoms. The van der Waals surface area contributed by atoms with E-state index in [4.69, 9.17) is 14.2 Å². The largest absolute Gasteiger partial charge is 0.457 e. The summed E-state index contributed by atoms with van der Waals surface area (Å²) in [6.45, 7) is 19.7. The van der Waals surface area contributed by atoms with E-state index in [1.807, 2.05) is 0 Å². The highest BCUT2D eigenvalue weighted by atomic mass is 28.3. The summed E-state index contributed by atoms with van der Waals surface area (Å²) in [5.74, 6) is 4.74. The number of hydrogen-bond donors (Lipinski definition) is 0. The Morgan fingerprint density at radius 2 is 0.571 bits per heavy atom. The molecule has 5 aliphatic rings. The van der Waals surface area contributed by atoms with Crippen LogP contribution in [-0.2, 0) is 0 Å². The maximum atomic E-state index is 7.88. The molecule has 0 bridgehead atoms. The minimum atomic E-state index is -3.30. The number of aryl methyl sites for hydroxylation is 8. The Morgan fingerprint density at radius 3 is 0.893 bits per heavy atom. The summed E-state index contributed by atoms with van der Waals surface area (Å²) in [4.78, 5) is 12.2. The van der Waals surface area contributed by atoms with Crippen LogP contribution in [0.15, 0.2) is 206 Å². The van der Waals surface area contributed by atoms with Crippen LogP contribution >= 0.6 is 0 Å². The molecule has 0 unspecified atom stereocenters. The quantitative estimate of drug-likeness (QED) is 0.133. The summed E-state index contributed by atoms with van der Waals surface area (Å²) in [5.41, 5.74) is 24.4. The number of hydrogen-bond acceptors (Lipinski definition) is 8. The van der Waals surface area contributed by atoms with Gasteiger partial charge in [-0.1, -0.05) is 125 Å². The van der Waals surface area contributed by atoms with Crippen LogP contribution < -0.4 is 54.3 Å². The number of ether oxygens (including phenoxy) is 3. The van der Waals surface area contributed by atoms with Crippen LogP contribution in [0.2, 0.25) is 6.55 Å². The Hall–Kier alpha value is -9.96. The fourth-order valence-electron chi connectivity index (χ4n) is 13.6. The predicted molar refractivity (Wildman–Crippen MR) is 348 cm³/mol. The van der Waals surface area contributed by atoms with Crippen molar-refractivity contribution in [3.63, 3.8) is 0 Å². The van der Waals surface area contributed by atoms with Crippen molar-refractivity contribution in [2.75, 3.05) is 24.5 Å². The van der Waals surface area contributed by atoms with E-state index >= 15 is 0 Å². The summed E-state index contributed by atoms with van der Waals surface area (Å²) in [6, 6.07) is 76.0. The molecule has 11 aromatic carbocycles. The molecule has 0 spiro atoms. The van der Waals surface area contributed by atoms with Crippen molar-refractivity contribution in [3.05, 3.63) is 251 Å². The highest BCUT2D eigenvalue weighted by molar-refractivity contribution is 7.15. The van der Waals surface area contributed by atoms with Crippen molar-refractivity contribution < 1.29 is 14.2 Å². The average Bonchev–Trinajstić information content (AvgIpc) is 1.84. The summed E-state index contributed by atoms with van der Waals surface area (Å²) in [6.07, 6.45) is 0. The first-order valence-corrected chi connectivity index (χ1v) is 31.5. The van der Waals surface area contributed by atoms with Crippen molar-refractivity contribution in [2.24, 2.45) is 0 Å². The van der Waals surface area contributed by atoms with Crippen LogP contribution in [0, 0.1) is 55.4 Å². The zero-order valence-corrected chi connectivity index (χ0v) is 49.6. The minimum absolute atomic E-state index is 0.773. The van der Waals surface area contributed by atoms with E-state index in [1.54, 1.807) is 0 Å². The normalized spacial score (nSPS) is 13.6. The number of rotatable bonds is 9. The molecule has 5 heterocycles. The second kappa shape index (κ2) is 18.3. The number of benzene rings is 11. The van der Waals surface area contributed by atoms with Gasteiger partial charge in [-0.25, -0.2) is 0 Å². The van der Waals surface area contributed by atoms with Crippen molar-refractivity contribution >= 4 is 109 Å². The molecule has 0 fully saturated rings. The van der Waals surface area contributed by atoms with Gasteiger partial charge in [-0.05, 0) is 181 Å². The third-order valence-corrected chi connectivity index (χ3v) is 22.2. The lowest BCUT2D eigenvalue weighted by atomic mass is 10.0. The van der Waals surface area contributed by atoms with Gasteiger partial charge in [0.25, 0.3) is 0 Å². The third-order valence-electron chi connectivity index (χ3n) is 17.8. The Balaban J connectivity index is 1.08. The van der Waals surface area contributed by atoms with Crippen LogP contribution in [0.1, 0.15) is 44.5 Å². The lowest BCUT2D eigenvalue weighted by Gasteiger charge is -2.54. The molecule has 5 aliphatic heterocycles. The van der Waals surface area contributed by atoms with Gasteiger partial charge in [-0.15, -0.1) is 0 Å². The van der Waals surface area contributed by atoms with Crippen molar-refractivity contribution in [2.45, 2.75) is 61.9 Å². The summed E-state index contributed by atoms with van der Waals surface area (Å²) >= 11 is 0. The predicted octanol–water partition coefficient (Wildman–Crippen LogP) is 19.5. The molecular weight excluding hydrogens is 1050 g/mol. The Bertz CT molecular complexity index is 4190. The van der Waals surface area contributed by atoms with E-state index in [0.717, 1.165) is 131 Å². The lowest BCUT2D eigenvalue weighted by molar-refractivity contribution is 0.463. The van der Waals surface area contributed by atoms with E-state index < -0.39 is 8.07 Å². The van der Waals surface area contributed by atoms with Gasteiger partial charge in [-0.3, -0.25) is 0 Å².